The SMILES string of the molecule is O=S1(=O)CN(I)C2C3CCCCCC3CCC21. The van der Waals surface area contributed by atoms with E-state index in [0.717, 1.165) is 18.8 Å². The molecule has 3 fully saturated rings. The lowest BCUT2D eigenvalue weighted by molar-refractivity contribution is 0.153. The molecule has 3 rings (SSSR count). The minimum atomic E-state index is -2.84. The first-order valence-corrected chi connectivity index (χ1v) is 9.41. The highest BCUT2D eigenvalue weighted by atomic mass is 127. The van der Waals surface area contributed by atoms with Gasteiger partial charge >= 0.3 is 0 Å². The molecule has 4 unspecified atom stereocenters. The predicted molar refractivity (Wildman–Crippen MR) is 76.5 cm³/mol. The number of sulfone groups is 1. The summed E-state index contributed by atoms with van der Waals surface area (Å²) in [6.45, 7) is 0. The van der Waals surface area contributed by atoms with Crippen LogP contribution in [0.1, 0.15) is 44.9 Å². The van der Waals surface area contributed by atoms with Crippen molar-refractivity contribution in [1.82, 2.24) is 3.11 Å². The summed E-state index contributed by atoms with van der Waals surface area (Å²) in [5.41, 5.74) is 0. The van der Waals surface area contributed by atoms with Crippen LogP contribution in [0.4, 0.5) is 0 Å². The van der Waals surface area contributed by atoms with E-state index in [9.17, 15) is 8.42 Å². The molecule has 17 heavy (non-hydrogen) atoms. The van der Waals surface area contributed by atoms with Gasteiger partial charge in [-0.15, -0.1) is 0 Å². The van der Waals surface area contributed by atoms with Gasteiger partial charge in [-0.1, -0.05) is 25.7 Å². The van der Waals surface area contributed by atoms with Gasteiger partial charge in [0.25, 0.3) is 0 Å². The maximum Gasteiger partial charge on any atom is 0.168 e. The van der Waals surface area contributed by atoms with E-state index in [0.29, 0.717) is 12.0 Å². The minimum Gasteiger partial charge on any atom is -0.228 e. The van der Waals surface area contributed by atoms with E-state index in [1.807, 2.05) is 0 Å². The van der Waals surface area contributed by atoms with E-state index in [4.69, 9.17) is 0 Å². The van der Waals surface area contributed by atoms with Crippen LogP contribution in [0, 0.1) is 11.8 Å². The molecule has 0 aromatic rings. The summed E-state index contributed by atoms with van der Waals surface area (Å²) in [7, 11) is -2.84. The van der Waals surface area contributed by atoms with Gasteiger partial charge in [-0.05, 0) is 31.1 Å². The lowest BCUT2D eigenvalue weighted by Gasteiger charge is -2.40. The Kier molecular flexibility index (Phi) is 3.45. The number of hydrogen-bond donors (Lipinski definition) is 0. The van der Waals surface area contributed by atoms with Gasteiger partial charge in [0.1, 0.15) is 5.88 Å². The van der Waals surface area contributed by atoms with Gasteiger partial charge in [0.05, 0.1) is 5.25 Å². The summed E-state index contributed by atoms with van der Waals surface area (Å²) in [4.78, 5) is 0. The van der Waals surface area contributed by atoms with Crippen LogP contribution in [0.25, 0.3) is 0 Å². The van der Waals surface area contributed by atoms with Crippen molar-refractivity contribution in [3.63, 3.8) is 0 Å². The van der Waals surface area contributed by atoms with Crippen LogP contribution in [-0.2, 0) is 9.84 Å². The van der Waals surface area contributed by atoms with E-state index in [1.54, 1.807) is 0 Å². The van der Waals surface area contributed by atoms with Crippen molar-refractivity contribution in [3.8, 4) is 0 Å². The van der Waals surface area contributed by atoms with Crippen LogP contribution < -0.4 is 0 Å². The van der Waals surface area contributed by atoms with Gasteiger partial charge in [-0.3, -0.25) is 0 Å². The first kappa shape index (κ1) is 12.7. The van der Waals surface area contributed by atoms with Crippen molar-refractivity contribution in [2.45, 2.75) is 56.2 Å². The summed E-state index contributed by atoms with van der Waals surface area (Å²) in [5.74, 6) is 1.72. The molecular weight excluding hydrogens is 349 g/mol. The van der Waals surface area contributed by atoms with Crippen LogP contribution in [0.15, 0.2) is 0 Å². The maximum atomic E-state index is 12.1. The Bertz CT molecular complexity index is 397. The highest BCUT2D eigenvalue weighted by Gasteiger charge is 2.52. The quantitative estimate of drug-likeness (QED) is 0.487. The van der Waals surface area contributed by atoms with Gasteiger partial charge in [-0.25, -0.2) is 11.5 Å². The molecule has 0 radical (unpaired) electrons. The predicted octanol–water partition coefficient (Wildman–Crippen LogP) is 2.75. The Morgan fingerprint density at radius 3 is 2.59 bits per heavy atom. The second-order valence-electron chi connectivity index (χ2n) is 5.86. The molecule has 2 aliphatic carbocycles. The second kappa shape index (κ2) is 4.63. The van der Waals surface area contributed by atoms with Gasteiger partial charge in [-0.2, -0.15) is 0 Å². The van der Waals surface area contributed by atoms with Crippen molar-refractivity contribution >= 4 is 32.7 Å². The number of rotatable bonds is 0. The zero-order chi connectivity index (χ0) is 12.0. The number of hydrogen-bond acceptors (Lipinski definition) is 3. The van der Waals surface area contributed by atoms with Crippen LogP contribution in [0.2, 0.25) is 0 Å². The van der Waals surface area contributed by atoms with Gasteiger partial charge in [0.2, 0.25) is 0 Å². The Morgan fingerprint density at radius 2 is 1.76 bits per heavy atom. The summed E-state index contributed by atoms with van der Waals surface area (Å²) >= 11 is 2.25. The Balaban J connectivity index is 1.90. The van der Waals surface area contributed by atoms with E-state index >= 15 is 0 Å². The fraction of sp³-hybridized carbons (Fsp3) is 1.00. The molecule has 98 valence electrons. The topological polar surface area (TPSA) is 37.4 Å². The highest BCUT2D eigenvalue weighted by molar-refractivity contribution is 14.1. The van der Waals surface area contributed by atoms with E-state index in [-0.39, 0.29) is 11.1 Å². The average molecular weight is 369 g/mol. The maximum absolute atomic E-state index is 12.1. The summed E-state index contributed by atoms with van der Waals surface area (Å²) in [6, 6.07) is 0.317. The second-order valence-corrected chi connectivity index (χ2v) is 9.29. The Hall–Kier alpha value is 0.640. The molecule has 2 saturated carbocycles. The molecule has 1 aliphatic heterocycles. The molecule has 0 bridgehead atoms. The van der Waals surface area contributed by atoms with Crippen molar-refractivity contribution in [2.75, 3.05) is 5.88 Å². The molecule has 1 heterocycles. The van der Waals surface area contributed by atoms with Gasteiger partial charge in [0, 0.05) is 28.9 Å². The van der Waals surface area contributed by atoms with Crippen LogP contribution in [-0.4, -0.2) is 28.7 Å². The van der Waals surface area contributed by atoms with Crippen molar-refractivity contribution in [1.29, 1.82) is 0 Å². The van der Waals surface area contributed by atoms with Crippen molar-refractivity contribution in [3.05, 3.63) is 0 Å². The normalized spacial score (nSPS) is 45.9. The number of halogens is 1. The standard InChI is InChI=1S/C12H20INO2S/c13-14-8-17(15,16)11-7-6-9-4-2-1-3-5-10(9)12(11)14/h9-12H,1-8H2. The zero-order valence-corrected chi connectivity index (χ0v) is 13.0. The number of nitrogens with zero attached hydrogens (tertiary/aromatic N) is 1. The lowest BCUT2D eigenvalue weighted by Crippen LogP contribution is -2.45. The third kappa shape index (κ3) is 2.16. The molecule has 0 aromatic carbocycles. The first-order valence-electron chi connectivity index (χ1n) is 6.73. The largest absolute Gasteiger partial charge is 0.228 e. The summed E-state index contributed by atoms with van der Waals surface area (Å²) in [6.07, 6.45) is 8.64. The molecule has 0 aromatic heterocycles. The zero-order valence-electron chi connectivity index (χ0n) is 10.0. The Morgan fingerprint density at radius 1 is 1.00 bits per heavy atom. The molecule has 0 spiro atoms. The molecule has 3 nitrogen and oxygen atoms in total. The van der Waals surface area contributed by atoms with E-state index < -0.39 is 9.84 Å². The molecule has 5 heteroatoms. The fourth-order valence-corrected chi connectivity index (χ4v) is 8.34. The van der Waals surface area contributed by atoms with Gasteiger partial charge < -0.3 is 0 Å². The molecule has 3 aliphatic rings. The van der Waals surface area contributed by atoms with Crippen molar-refractivity contribution in [2.24, 2.45) is 11.8 Å². The fourth-order valence-electron chi connectivity index (χ4n) is 4.18. The van der Waals surface area contributed by atoms with Crippen LogP contribution in [0.3, 0.4) is 0 Å². The van der Waals surface area contributed by atoms with Crippen LogP contribution in [0.5, 0.6) is 0 Å². The highest BCUT2D eigenvalue weighted by Crippen LogP contribution is 2.47. The molecule has 4 atom stereocenters. The molecular formula is C12H20INO2S. The van der Waals surface area contributed by atoms with E-state index in [1.165, 1.54) is 32.1 Å². The lowest BCUT2D eigenvalue weighted by atomic mass is 9.73. The third-order valence-electron chi connectivity index (χ3n) is 4.95. The summed E-state index contributed by atoms with van der Waals surface area (Å²) < 4.78 is 26.3. The summed E-state index contributed by atoms with van der Waals surface area (Å²) in [5, 5.41) is -0.0567. The number of fused-ring (bicyclic) bond motifs is 3. The molecule has 0 amide bonds. The smallest absolute Gasteiger partial charge is 0.168 e. The first-order chi connectivity index (χ1) is 8.09. The van der Waals surface area contributed by atoms with Crippen LogP contribution >= 0.6 is 22.9 Å². The minimum absolute atomic E-state index is 0.0567. The van der Waals surface area contributed by atoms with E-state index in [2.05, 4.69) is 26.0 Å². The Labute approximate surface area is 118 Å². The monoisotopic (exact) mass is 369 g/mol. The average Bonchev–Trinajstić information content (AvgIpc) is 2.45. The van der Waals surface area contributed by atoms with Crippen molar-refractivity contribution < 1.29 is 8.42 Å². The molecule has 0 N–H and O–H groups in total. The third-order valence-corrected chi connectivity index (χ3v) is 8.47. The molecule has 1 saturated heterocycles. The van der Waals surface area contributed by atoms with Gasteiger partial charge in [0.15, 0.2) is 9.84 Å².